The van der Waals surface area contributed by atoms with Crippen LogP contribution in [0.25, 0.3) is 5.69 Å². The van der Waals surface area contributed by atoms with E-state index in [9.17, 15) is 9.18 Å². The van der Waals surface area contributed by atoms with Crippen LogP contribution in [0.2, 0.25) is 0 Å². The van der Waals surface area contributed by atoms with Crippen LogP contribution in [0.15, 0.2) is 72.1 Å². The van der Waals surface area contributed by atoms with Gasteiger partial charge in [-0.05, 0) is 36.6 Å². The monoisotopic (exact) mass is 367 g/mol. The van der Waals surface area contributed by atoms with Gasteiger partial charge in [0.15, 0.2) is 5.16 Å². The lowest BCUT2D eigenvalue weighted by molar-refractivity contribution is -0.120. The summed E-state index contributed by atoms with van der Waals surface area (Å²) in [6, 6.07) is 16.3. The quantitative estimate of drug-likeness (QED) is 0.667. The highest BCUT2D eigenvalue weighted by Gasteiger charge is 2.30. The number of carbonyl (C=O) groups is 1. The molecule has 4 nitrogen and oxygen atoms in total. The lowest BCUT2D eigenvalue weighted by Crippen LogP contribution is -2.29. The van der Waals surface area contributed by atoms with Crippen molar-refractivity contribution in [3.05, 3.63) is 78.4 Å². The van der Waals surface area contributed by atoms with Crippen molar-refractivity contribution < 1.29 is 9.18 Å². The molecule has 0 radical (unpaired) electrons. The van der Waals surface area contributed by atoms with Crippen LogP contribution >= 0.6 is 11.8 Å². The number of imidazole rings is 1. The van der Waals surface area contributed by atoms with Gasteiger partial charge in [-0.25, -0.2) is 9.37 Å². The lowest BCUT2D eigenvalue weighted by Gasteiger charge is -2.17. The third-order valence-electron chi connectivity index (χ3n) is 4.18. The van der Waals surface area contributed by atoms with Gasteiger partial charge in [0, 0.05) is 18.4 Å². The van der Waals surface area contributed by atoms with Gasteiger partial charge in [-0.2, -0.15) is 0 Å². The average Bonchev–Trinajstić information content (AvgIpc) is 3.34. The number of nitrogens with zero attached hydrogens (tertiary/aromatic N) is 2. The molecule has 4 rings (SSSR count). The van der Waals surface area contributed by atoms with Crippen LogP contribution < -0.4 is 5.32 Å². The normalized spacial score (nSPS) is 14.8. The summed E-state index contributed by atoms with van der Waals surface area (Å²) in [6.45, 7) is 0. The number of amides is 1. The van der Waals surface area contributed by atoms with Crippen LogP contribution in [0.4, 0.5) is 4.39 Å². The molecule has 26 heavy (non-hydrogen) atoms. The minimum absolute atomic E-state index is 0.0162. The van der Waals surface area contributed by atoms with Gasteiger partial charge < -0.3 is 5.32 Å². The van der Waals surface area contributed by atoms with E-state index in [2.05, 4.69) is 10.3 Å². The molecule has 1 saturated carbocycles. The van der Waals surface area contributed by atoms with Crippen molar-refractivity contribution in [3.63, 3.8) is 0 Å². The SMILES string of the molecule is O=C(NC1CC1)C(Sc1nccn1-c1cccc(F)c1)c1ccccc1. The van der Waals surface area contributed by atoms with E-state index in [0.29, 0.717) is 10.8 Å². The van der Waals surface area contributed by atoms with Crippen molar-refractivity contribution in [1.82, 2.24) is 14.9 Å². The van der Waals surface area contributed by atoms with Gasteiger partial charge in [-0.3, -0.25) is 9.36 Å². The zero-order chi connectivity index (χ0) is 17.9. The Morgan fingerprint density at radius 3 is 2.73 bits per heavy atom. The number of benzene rings is 2. The molecule has 0 spiro atoms. The number of thioether (sulfide) groups is 1. The summed E-state index contributed by atoms with van der Waals surface area (Å²) in [5.74, 6) is -0.323. The van der Waals surface area contributed by atoms with E-state index in [1.165, 1.54) is 23.9 Å². The Bertz CT molecular complexity index is 908. The van der Waals surface area contributed by atoms with Crippen molar-refractivity contribution >= 4 is 17.7 Å². The van der Waals surface area contributed by atoms with E-state index in [0.717, 1.165) is 18.4 Å². The van der Waals surface area contributed by atoms with E-state index in [1.807, 2.05) is 36.4 Å². The molecule has 0 saturated heterocycles. The average molecular weight is 367 g/mol. The van der Waals surface area contributed by atoms with Crippen molar-refractivity contribution in [1.29, 1.82) is 0 Å². The van der Waals surface area contributed by atoms with Crippen LogP contribution in [-0.4, -0.2) is 21.5 Å². The molecular formula is C20H18FN3OS. The zero-order valence-corrected chi connectivity index (χ0v) is 14.8. The highest BCUT2D eigenvalue weighted by Crippen LogP contribution is 2.36. The fourth-order valence-electron chi connectivity index (χ4n) is 2.71. The Morgan fingerprint density at radius 2 is 2.00 bits per heavy atom. The number of halogens is 1. The molecule has 3 aromatic rings. The first-order valence-corrected chi connectivity index (χ1v) is 9.40. The Labute approximate surface area is 155 Å². The van der Waals surface area contributed by atoms with Crippen molar-refractivity contribution in [2.24, 2.45) is 0 Å². The summed E-state index contributed by atoms with van der Waals surface area (Å²) in [4.78, 5) is 17.2. The third kappa shape index (κ3) is 3.80. The molecule has 0 aliphatic heterocycles. The zero-order valence-electron chi connectivity index (χ0n) is 14.0. The van der Waals surface area contributed by atoms with Crippen LogP contribution in [0, 0.1) is 5.82 Å². The Kier molecular flexibility index (Phi) is 4.75. The summed E-state index contributed by atoms with van der Waals surface area (Å²) in [7, 11) is 0. The standard InChI is InChI=1S/C20H18FN3OS/c21-15-7-4-8-17(13-15)24-12-11-22-20(24)26-18(14-5-2-1-3-6-14)19(25)23-16-9-10-16/h1-8,11-13,16,18H,9-10H2,(H,23,25). The van der Waals surface area contributed by atoms with Crippen molar-refractivity contribution in [2.45, 2.75) is 29.3 Å². The first kappa shape index (κ1) is 16.8. The summed E-state index contributed by atoms with van der Waals surface area (Å²) in [5.41, 5.74) is 1.60. The van der Waals surface area contributed by atoms with Crippen LogP contribution in [0.3, 0.4) is 0 Å². The van der Waals surface area contributed by atoms with E-state index >= 15 is 0 Å². The van der Waals surface area contributed by atoms with E-state index in [4.69, 9.17) is 0 Å². The molecule has 1 amide bonds. The third-order valence-corrected chi connectivity index (χ3v) is 5.42. The molecule has 132 valence electrons. The van der Waals surface area contributed by atoms with Gasteiger partial charge in [0.05, 0.1) is 5.69 Å². The molecule has 1 unspecified atom stereocenters. The number of rotatable bonds is 6. The lowest BCUT2D eigenvalue weighted by atomic mass is 10.1. The Balaban J connectivity index is 1.64. The number of hydrogen-bond donors (Lipinski definition) is 1. The molecule has 1 fully saturated rings. The smallest absolute Gasteiger partial charge is 0.238 e. The second kappa shape index (κ2) is 7.33. The molecular weight excluding hydrogens is 349 g/mol. The molecule has 1 N–H and O–H groups in total. The first-order valence-electron chi connectivity index (χ1n) is 8.52. The van der Waals surface area contributed by atoms with E-state index in [1.54, 1.807) is 23.0 Å². The highest BCUT2D eigenvalue weighted by atomic mass is 32.2. The van der Waals surface area contributed by atoms with Gasteiger partial charge in [-0.15, -0.1) is 0 Å². The summed E-state index contributed by atoms with van der Waals surface area (Å²) < 4.78 is 15.4. The molecule has 0 bridgehead atoms. The predicted molar refractivity (Wildman–Crippen MR) is 99.7 cm³/mol. The minimum Gasteiger partial charge on any atom is -0.352 e. The van der Waals surface area contributed by atoms with E-state index in [-0.39, 0.29) is 17.8 Å². The topological polar surface area (TPSA) is 46.9 Å². The van der Waals surface area contributed by atoms with Gasteiger partial charge in [0.2, 0.25) is 5.91 Å². The summed E-state index contributed by atoms with van der Waals surface area (Å²) in [6.07, 6.45) is 5.51. The van der Waals surface area contributed by atoms with Crippen LogP contribution in [-0.2, 0) is 4.79 Å². The molecule has 2 aromatic carbocycles. The summed E-state index contributed by atoms with van der Waals surface area (Å²) >= 11 is 1.37. The number of hydrogen-bond acceptors (Lipinski definition) is 3. The molecule has 1 aliphatic carbocycles. The van der Waals surface area contributed by atoms with Gasteiger partial charge in [-0.1, -0.05) is 48.2 Å². The fraction of sp³-hybridized carbons (Fsp3) is 0.200. The molecule has 1 atom stereocenters. The maximum atomic E-state index is 13.6. The Hall–Kier alpha value is -2.60. The highest BCUT2D eigenvalue weighted by molar-refractivity contribution is 8.00. The Morgan fingerprint density at radius 1 is 1.19 bits per heavy atom. The number of aromatic nitrogens is 2. The second-order valence-electron chi connectivity index (χ2n) is 6.25. The molecule has 1 aromatic heterocycles. The second-order valence-corrected chi connectivity index (χ2v) is 7.32. The summed E-state index contributed by atoms with van der Waals surface area (Å²) in [5, 5.41) is 3.31. The number of nitrogens with one attached hydrogen (secondary N) is 1. The predicted octanol–water partition coefficient (Wildman–Crippen LogP) is 4.12. The van der Waals surface area contributed by atoms with Crippen molar-refractivity contribution in [2.75, 3.05) is 0 Å². The molecule has 6 heteroatoms. The fourth-order valence-corrected chi connectivity index (χ4v) is 3.79. The largest absolute Gasteiger partial charge is 0.352 e. The maximum absolute atomic E-state index is 13.6. The van der Waals surface area contributed by atoms with Gasteiger partial charge in [0.1, 0.15) is 11.1 Å². The maximum Gasteiger partial charge on any atom is 0.238 e. The van der Waals surface area contributed by atoms with Gasteiger partial charge in [0.25, 0.3) is 0 Å². The first-order chi connectivity index (χ1) is 12.7. The van der Waals surface area contributed by atoms with Crippen molar-refractivity contribution in [3.8, 4) is 5.69 Å². The van der Waals surface area contributed by atoms with Gasteiger partial charge >= 0.3 is 0 Å². The minimum atomic E-state index is -0.411. The van der Waals surface area contributed by atoms with Crippen LogP contribution in [0.1, 0.15) is 23.7 Å². The molecule has 1 heterocycles. The molecule has 1 aliphatic rings. The number of carbonyl (C=O) groups excluding carboxylic acids is 1. The van der Waals surface area contributed by atoms with E-state index < -0.39 is 5.25 Å². The van der Waals surface area contributed by atoms with Crippen LogP contribution in [0.5, 0.6) is 0 Å².